The highest BCUT2D eigenvalue weighted by molar-refractivity contribution is 5.95. The second kappa shape index (κ2) is 7.57. The van der Waals surface area contributed by atoms with Crippen LogP contribution in [0.1, 0.15) is 16.7 Å². The topological polar surface area (TPSA) is 46.5 Å². The molecule has 0 aliphatic carbocycles. The number of hydrogen-bond acceptors (Lipinski definition) is 3. The Balaban J connectivity index is 1.87. The van der Waals surface area contributed by atoms with E-state index in [1.807, 2.05) is 66.7 Å². The summed E-state index contributed by atoms with van der Waals surface area (Å²) in [5.74, 6) is -0.201. The van der Waals surface area contributed by atoms with Crippen molar-refractivity contribution in [3.8, 4) is 0 Å². The van der Waals surface area contributed by atoms with Gasteiger partial charge in [0, 0.05) is 5.56 Å². The molecular formula is C21H16O3. The van der Waals surface area contributed by atoms with Crippen LogP contribution in [0.5, 0.6) is 0 Å². The first kappa shape index (κ1) is 16.0. The summed E-state index contributed by atoms with van der Waals surface area (Å²) < 4.78 is 5.20. The molecule has 0 aromatic heterocycles. The van der Waals surface area contributed by atoms with Gasteiger partial charge in [-0.3, -0.25) is 4.79 Å². The van der Waals surface area contributed by atoms with Crippen molar-refractivity contribution in [2.24, 2.45) is 0 Å². The molecule has 1 N–H and O–H groups in total. The molecular weight excluding hydrogens is 300 g/mol. The molecule has 0 heterocycles. The zero-order valence-corrected chi connectivity index (χ0v) is 12.9. The molecule has 3 nitrogen and oxygen atoms in total. The van der Waals surface area contributed by atoms with Crippen LogP contribution in [0.15, 0.2) is 91.0 Å². The summed E-state index contributed by atoms with van der Waals surface area (Å²) >= 11 is 0. The molecule has 0 saturated carbocycles. The Morgan fingerprint density at radius 3 is 1.42 bits per heavy atom. The highest BCUT2D eigenvalue weighted by Crippen LogP contribution is 2.27. The van der Waals surface area contributed by atoms with E-state index in [0.29, 0.717) is 11.5 Å². The van der Waals surface area contributed by atoms with Gasteiger partial charge in [-0.05, 0) is 11.1 Å². The van der Waals surface area contributed by atoms with Gasteiger partial charge in [-0.15, -0.1) is 0 Å². The summed E-state index contributed by atoms with van der Waals surface area (Å²) in [6.45, 7) is 0. The van der Waals surface area contributed by atoms with Crippen molar-refractivity contribution in [3.05, 3.63) is 120 Å². The number of aliphatic hydroxyl groups excluding tert-OH is 1. The van der Waals surface area contributed by atoms with Gasteiger partial charge >= 0.3 is 12.3 Å². The summed E-state index contributed by atoms with van der Waals surface area (Å²) in [6.07, 6.45) is -0.412. The number of esters is 1. The average Bonchev–Trinajstić information content (AvgIpc) is 2.64. The van der Waals surface area contributed by atoms with E-state index in [9.17, 15) is 9.90 Å². The SMILES string of the molecule is O=C(O[C](O)c1ccccc1)[C](c1ccccc1)c1ccccc1. The van der Waals surface area contributed by atoms with Crippen LogP contribution in [0.2, 0.25) is 0 Å². The Morgan fingerprint density at radius 1 is 0.625 bits per heavy atom. The molecule has 0 fully saturated rings. The molecule has 3 aromatic rings. The predicted octanol–water partition coefficient (Wildman–Crippen LogP) is 4.11. The maximum absolute atomic E-state index is 12.7. The molecule has 0 aliphatic heterocycles. The van der Waals surface area contributed by atoms with E-state index in [1.165, 1.54) is 0 Å². The maximum atomic E-state index is 12.7. The first-order valence-corrected chi connectivity index (χ1v) is 7.57. The fourth-order valence-electron chi connectivity index (χ4n) is 2.39. The van der Waals surface area contributed by atoms with Crippen molar-refractivity contribution in [1.29, 1.82) is 0 Å². The number of hydrogen-bond donors (Lipinski definition) is 1. The lowest BCUT2D eigenvalue weighted by Gasteiger charge is -2.18. The lowest BCUT2D eigenvalue weighted by molar-refractivity contribution is -0.144. The Morgan fingerprint density at radius 2 is 1.00 bits per heavy atom. The summed E-state index contributed by atoms with van der Waals surface area (Å²) in [6, 6.07) is 27.2. The smallest absolute Gasteiger partial charge is 0.326 e. The zero-order valence-electron chi connectivity index (χ0n) is 12.9. The van der Waals surface area contributed by atoms with E-state index in [2.05, 4.69) is 0 Å². The quantitative estimate of drug-likeness (QED) is 0.721. The molecule has 0 amide bonds. The van der Waals surface area contributed by atoms with E-state index in [-0.39, 0.29) is 0 Å². The highest BCUT2D eigenvalue weighted by Gasteiger charge is 2.28. The second-order valence-electron chi connectivity index (χ2n) is 5.17. The van der Waals surface area contributed by atoms with Gasteiger partial charge in [0.2, 0.25) is 0 Å². The van der Waals surface area contributed by atoms with Crippen molar-refractivity contribution in [2.75, 3.05) is 0 Å². The van der Waals surface area contributed by atoms with Crippen LogP contribution in [-0.4, -0.2) is 11.1 Å². The van der Waals surface area contributed by atoms with Crippen molar-refractivity contribution in [2.45, 2.75) is 0 Å². The fourth-order valence-corrected chi connectivity index (χ4v) is 2.39. The van der Waals surface area contributed by atoms with Gasteiger partial charge in [0.25, 0.3) is 0 Å². The van der Waals surface area contributed by atoms with Crippen LogP contribution >= 0.6 is 0 Å². The van der Waals surface area contributed by atoms with Crippen LogP contribution in [0, 0.1) is 12.2 Å². The van der Waals surface area contributed by atoms with Gasteiger partial charge in [-0.1, -0.05) is 91.0 Å². The summed E-state index contributed by atoms with van der Waals surface area (Å²) in [7, 11) is 0. The van der Waals surface area contributed by atoms with Crippen molar-refractivity contribution >= 4 is 5.97 Å². The minimum atomic E-state index is -0.603. The van der Waals surface area contributed by atoms with E-state index in [0.717, 1.165) is 11.1 Å². The number of ether oxygens (including phenoxy) is 1. The molecule has 118 valence electrons. The summed E-state index contributed by atoms with van der Waals surface area (Å²) in [5, 5.41) is 10.1. The Bertz CT molecular complexity index is 730. The first-order valence-electron chi connectivity index (χ1n) is 7.57. The molecule has 3 aromatic carbocycles. The largest absolute Gasteiger partial charge is 0.420 e. The molecule has 0 saturated heterocycles. The number of rotatable bonds is 5. The van der Waals surface area contributed by atoms with Gasteiger partial charge in [0.05, 0.1) is 0 Å². The summed E-state index contributed by atoms with van der Waals surface area (Å²) in [5.41, 5.74) is 1.91. The molecule has 24 heavy (non-hydrogen) atoms. The van der Waals surface area contributed by atoms with Crippen LogP contribution in [0.25, 0.3) is 0 Å². The third-order valence-corrected chi connectivity index (χ3v) is 3.54. The van der Waals surface area contributed by atoms with Crippen LogP contribution in [0.3, 0.4) is 0 Å². The maximum Gasteiger partial charge on any atom is 0.326 e. The Hall–Kier alpha value is -2.91. The molecule has 0 unspecified atom stereocenters. The lowest BCUT2D eigenvalue weighted by Crippen LogP contribution is -2.21. The normalized spacial score (nSPS) is 10.8. The highest BCUT2D eigenvalue weighted by atomic mass is 16.6. The molecule has 3 rings (SSSR count). The van der Waals surface area contributed by atoms with Crippen molar-refractivity contribution in [3.63, 3.8) is 0 Å². The number of carbonyl (C=O) groups is 1. The van der Waals surface area contributed by atoms with Gasteiger partial charge in [0.15, 0.2) is 0 Å². The van der Waals surface area contributed by atoms with Gasteiger partial charge in [0.1, 0.15) is 5.92 Å². The molecule has 2 radical (unpaired) electrons. The van der Waals surface area contributed by atoms with Crippen LogP contribution in [0.4, 0.5) is 0 Å². The van der Waals surface area contributed by atoms with E-state index in [4.69, 9.17) is 4.74 Å². The minimum Gasteiger partial charge on any atom is -0.420 e. The fraction of sp³-hybridized carbons (Fsp3) is 0. The average molecular weight is 316 g/mol. The van der Waals surface area contributed by atoms with Crippen LogP contribution < -0.4 is 0 Å². The summed E-state index contributed by atoms with van der Waals surface area (Å²) in [4.78, 5) is 12.7. The van der Waals surface area contributed by atoms with Crippen molar-refractivity contribution in [1.82, 2.24) is 0 Å². The monoisotopic (exact) mass is 316 g/mol. The molecule has 0 spiro atoms. The van der Waals surface area contributed by atoms with Gasteiger partial charge in [-0.25, -0.2) is 0 Å². The van der Waals surface area contributed by atoms with Gasteiger partial charge in [-0.2, -0.15) is 0 Å². The van der Waals surface area contributed by atoms with Crippen molar-refractivity contribution < 1.29 is 14.6 Å². The number of benzene rings is 3. The third kappa shape index (κ3) is 3.70. The second-order valence-corrected chi connectivity index (χ2v) is 5.17. The van der Waals surface area contributed by atoms with E-state index < -0.39 is 12.3 Å². The third-order valence-electron chi connectivity index (χ3n) is 3.54. The zero-order chi connectivity index (χ0) is 16.8. The molecule has 3 heteroatoms. The Labute approximate surface area is 141 Å². The lowest BCUT2D eigenvalue weighted by atomic mass is 9.91. The number of carbonyl (C=O) groups excluding carboxylic acids is 1. The predicted molar refractivity (Wildman–Crippen MR) is 91.1 cm³/mol. The van der Waals surface area contributed by atoms with E-state index >= 15 is 0 Å². The molecule has 0 atom stereocenters. The van der Waals surface area contributed by atoms with Gasteiger partial charge < -0.3 is 9.84 Å². The molecule has 0 aliphatic rings. The Kier molecular flexibility index (Phi) is 5.04. The van der Waals surface area contributed by atoms with Crippen LogP contribution in [-0.2, 0) is 9.53 Å². The van der Waals surface area contributed by atoms with E-state index in [1.54, 1.807) is 24.3 Å². The molecule has 0 bridgehead atoms. The standard InChI is InChI=1S/C21H16O3/c22-20(18-14-8-3-9-15-18)24-21(23)19(16-10-4-1-5-11-16)17-12-6-2-7-13-17/h1-15,22H. The first-order chi connectivity index (χ1) is 11.8. The minimum absolute atomic E-state index is 0.402. The number of aliphatic hydroxyl groups is 1.